The summed E-state index contributed by atoms with van der Waals surface area (Å²) in [5.41, 5.74) is 8.32. The Balaban J connectivity index is 2.15. The quantitative estimate of drug-likeness (QED) is 0.365. The Morgan fingerprint density at radius 3 is 2.86 bits per heavy atom. The molecule has 0 aliphatic carbocycles. The molecule has 2 rings (SSSR count). The van der Waals surface area contributed by atoms with Gasteiger partial charge in [0.15, 0.2) is 0 Å². The van der Waals surface area contributed by atoms with E-state index in [-0.39, 0.29) is 11.5 Å². The van der Waals surface area contributed by atoms with E-state index in [1.54, 1.807) is 7.11 Å². The molecule has 0 radical (unpaired) electrons. The number of amides is 1. The topological polar surface area (TPSA) is 116 Å². The van der Waals surface area contributed by atoms with Crippen molar-refractivity contribution >= 4 is 63.1 Å². The molecule has 0 bridgehead atoms. The molecule has 1 amide bonds. The van der Waals surface area contributed by atoms with Crippen molar-refractivity contribution in [2.75, 3.05) is 12.8 Å². The Hall–Kier alpha value is -1.44. The zero-order valence-electron chi connectivity index (χ0n) is 10.6. The maximum Gasteiger partial charge on any atom is 0.297 e. The van der Waals surface area contributed by atoms with E-state index in [9.17, 15) is 4.79 Å². The van der Waals surface area contributed by atoms with E-state index in [4.69, 9.17) is 10.5 Å². The first-order chi connectivity index (χ1) is 10.0. The first-order valence-electron chi connectivity index (χ1n) is 5.47. The largest absolute Gasteiger partial charge is 0.495 e. The third-order valence-corrected chi connectivity index (χ3v) is 3.76. The van der Waals surface area contributed by atoms with Gasteiger partial charge in [-0.3, -0.25) is 4.79 Å². The monoisotopic (exact) mass is 513 g/mol. The van der Waals surface area contributed by atoms with E-state index in [0.29, 0.717) is 5.75 Å². The van der Waals surface area contributed by atoms with E-state index in [0.717, 1.165) is 12.7 Å². The van der Waals surface area contributed by atoms with Gasteiger partial charge in [0.25, 0.3) is 5.91 Å². The minimum Gasteiger partial charge on any atom is -0.495 e. The molecule has 1 aromatic heterocycles. The highest BCUT2D eigenvalue weighted by atomic mass is 127. The van der Waals surface area contributed by atoms with Crippen molar-refractivity contribution in [2.45, 2.75) is 0 Å². The number of benzene rings is 1. The lowest BCUT2D eigenvalue weighted by atomic mass is 10.2. The molecule has 0 fully saturated rings. The number of carbonyl (C=O) groups is 1. The number of anilines is 1. The number of hydrogen-bond acceptors (Lipinski definition) is 7. The van der Waals surface area contributed by atoms with Crippen LogP contribution in [0, 0.1) is 7.14 Å². The molecule has 110 valence electrons. The molecular weight excluding hydrogens is 504 g/mol. The Morgan fingerprint density at radius 2 is 2.24 bits per heavy atom. The van der Waals surface area contributed by atoms with Gasteiger partial charge < -0.3 is 10.5 Å². The van der Waals surface area contributed by atoms with Crippen LogP contribution in [0.15, 0.2) is 21.9 Å². The molecule has 0 aliphatic heterocycles. The predicted molar refractivity (Wildman–Crippen MR) is 92.2 cm³/mol. The van der Waals surface area contributed by atoms with Gasteiger partial charge in [-0.05, 0) is 67.6 Å². The number of nitrogens with zero attached hydrogens (tertiary/aromatic N) is 3. The average Bonchev–Trinajstić information content (AvgIpc) is 2.84. The minimum absolute atomic E-state index is 0.0934. The summed E-state index contributed by atoms with van der Waals surface area (Å²) in [6, 6.07) is 3.85. The molecule has 2 aromatic rings. The van der Waals surface area contributed by atoms with E-state index >= 15 is 0 Å². The highest BCUT2D eigenvalue weighted by Crippen LogP contribution is 2.26. The Morgan fingerprint density at radius 1 is 1.48 bits per heavy atom. The van der Waals surface area contributed by atoms with Gasteiger partial charge in [0, 0.05) is 9.13 Å². The lowest BCUT2D eigenvalue weighted by Crippen LogP contribution is -2.19. The number of nitrogens with two attached hydrogens (primary N) is 1. The van der Waals surface area contributed by atoms with Gasteiger partial charge in [0.05, 0.1) is 16.9 Å². The normalized spacial score (nSPS) is 10.8. The van der Waals surface area contributed by atoms with Gasteiger partial charge in [-0.15, -0.1) is 0 Å². The molecule has 1 heterocycles. The first-order valence-corrected chi connectivity index (χ1v) is 7.63. The van der Waals surface area contributed by atoms with Gasteiger partial charge in [0.2, 0.25) is 11.5 Å². The van der Waals surface area contributed by atoms with Crippen LogP contribution in [0.5, 0.6) is 5.75 Å². The second-order valence-electron chi connectivity index (χ2n) is 3.71. The van der Waals surface area contributed by atoms with E-state index in [1.165, 1.54) is 6.21 Å². The molecule has 8 nitrogen and oxygen atoms in total. The number of rotatable bonds is 4. The zero-order chi connectivity index (χ0) is 15.4. The van der Waals surface area contributed by atoms with Gasteiger partial charge in [-0.1, -0.05) is 0 Å². The first kappa shape index (κ1) is 15.9. The molecule has 0 aliphatic rings. The smallest absolute Gasteiger partial charge is 0.297 e. The molecule has 21 heavy (non-hydrogen) atoms. The van der Waals surface area contributed by atoms with Crippen LogP contribution in [0.25, 0.3) is 0 Å². The Labute approximate surface area is 146 Å². The molecule has 3 N–H and O–H groups in total. The number of aromatic nitrogens is 2. The van der Waals surface area contributed by atoms with Crippen molar-refractivity contribution in [3.63, 3.8) is 0 Å². The molecule has 10 heteroatoms. The highest BCUT2D eigenvalue weighted by Gasteiger charge is 2.15. The highest BCUT2D eigenvalue weighted by molar-refractivity contribution is 14.1. The fraction of sp³-hybridized carbons (Fsp3) is 0.0909. The number of nitrogens with one attached hydrogen (secondary N) is 1. The van der Waals surface area contributed by atoms with Crippen LogP contribution in [0.2, 0.25) is 0 Å². The molecule has 0 saturated carbocycles. The maximum atomic E-state index is 11.7. The SMILES string of the molecule is COc1c(I)cc(I)cc1/C=N/NC(=O)c1nonc1N. The number of ether oxygens (including phenoxy) is 1. The Kier molecular flexibility index (Phi) is 5.33. The standard InChI is InChI=1S/C11H9I2N5O3/c1-20-9-5(2-6(12)3-7(9)13)4-15-16-11(19)8-10(14)18-21-17-8/h2-4H,1H3,(H2,14,18)(H,16,19)/b15-4+. The van der Waals surface area contributed by atoms with Crippen molar-refractivity contribution in [1.82, 2.24) is 15.7 Å². The van der Waals surface area contributed by atoms with Crippen LogP contribution in [0.4, 0.5) is 5.82 Å². The van der Waals surface area contributed by atoms with E-state index in [1.807, 2.05) is 12.1 Å². The molecule has 0 unspecified atom stereocenters. The van der Waals surface area contributed by atoms with Crippen LogP contribution in [-0.4, -0.2) is 29.5 Å². The van der Waals surface area contributed by atoms with Crippen LogP contribution in [0.1, 0.15) is 16.1 Å². The average molecular weight is 513 g/mol. The van der Waals surface area contributed by atoms with Crippen molar-refractivity contribution in [2.24, 2.45) is 5.10 Å². The third-order valence-electron chi connectivity index (χ3n) is 2.34. The van der Waals surface area contributed by atoms with Crippen molar-refractivity contribution < 1.29 is 14.2 Å². The summed E-state index contributed by atoms with van der Waals surface area (Å²) < 4.78 is 11.6. The van der Waals surface area contributed by atoms with Crippen molar-refractivity contribution in [3.8, 4) is 5.75 Å². The fourth-order valence-corrected chi connectivity index (χ4v) is 3.57. The minimum atomic E-state index is -0.607. The third kappa shape index (κ3) is 3.81. The van der Waals surface area contributed by atoms with Gasteiger partial charge in [0.1, 0.15) is 5.75 Å². The number of hydrazone groups is 1. The van der Waals surface area contributed by atoms with Crippen LogP contribution in [-0.2, 0) is 0 Å². The number of halogens is 2. The van der Waals surface area contributed by atoms with E-state index in [2.05, 4.69) is 70.7 Å². The van der Waals surface area contributed by atoms with Crippen LogP contribution < -0.4 is 15.9 Å². The summed E-state index contributed by atoms with van der Waals surface area (Å²) in [7, 11) is 1.57. The lowest BCUT2D eigenvalue weighted by molar-refractivity contribution is 0.0946. The van der Waals surface area contributed by atoms with Gasteiger partial charge >= 0.3 is 0 Å². The number of carbonyl (C=O) groups excluding carboxylic acids is 1. The van der Waals surface area contributed by atoms with Gasteiger partial charge in [-0.2, -0.15) is 5.10 Å². The summed E-state index contributed by atoms with van der Waals surface area (Å²) in [5.74, 6) is -0.0231. The molecule has 1 aromatic carbocycles. The maximum absolute atomic E-state index is 11.7. The summed E-state index contributed by atoms with van der Waals surface area (Å²) in [5, 5.41) is 10.5. The fourth-order valence-electron chi connectivity index (χ4n) is 1.46. The molecular formula is C11H9I2N5O3. The second kappa shape index (κ2) is 7.02. The van der Waals surface area contributed by atoms with Gasteiger partial charge in [-0.25, -0.2) is 10.1 Å². The zero-order valence-corrected chi connectivity index (χ0v) is 14.9. The molecule has 0 atom stereocenters. The van der Waals surface area contributed by atoms with Crippen LogP contribution >= 0.6 is 45.2 Å². The number of nitrogen functional groups attached to an aromatic ring is 1. The summed E-state index contributed by atoms with van der Waals surface area (Å²) >= 11 is 4.35. The van der Waals surface area contributed by atoms with Crippen molar-refractivity contribution in [3.05, 3.63) is 30.5 Å². The molecule has 0 spiro atoms. The summed E-state index contributed by atoms with van der Waals surface area (Å²) in [6.07, 6.45) is 1.48. The van der Waals surface area contributed by atoms with Crippen LogP contribution in [0.3, 0.4) is 0 Å². The lowest BCUT2D eigenvalue weighted by Gasteiger charge is -2.07. The second-order valence-corrected chi connectivity index (χ2v) is 6.12. The Bertz CT molecular complexity index is 701. The summed E-state index contributed by atoms with van der Waals surface area (Å²) in [6.45, 7) is 0. The predicted octanol–water partition coefficient (Wildman–Crippen LogP) is 1.63. The number of hydrogen-bond donors (Lipinski definition) is 2. The van der Waals surface area contributed by atoms with Crippen molar-refractivity contribution in [1.29, 1.82) is 0 Å². The van der Waals surface area contributed by atoms with E-state index < -0.39 is 5.91 Å². The molecule has 0 saturated heterocycles. The number of methoxy groups -OCH3 is 1. The summed E-state index contributed by atoms with van der Waals surface area (Å²) in [4.78, 5) is 11.7.